The third kappa shape index (κ3) is 12.3. The molecule has 0 aliphatic rings. The maximum atomic E-state index is 12.0. The molecule has 0 saturated carbocycles. The van der Waals surface area contributed by atoms with Gasteiger partial charge in [0.25, 0.3) is 0 Å². The Labute approximate surface area is 186 Å². The number of aromatic carboxylic acids is 1. The van der Waals surface area contributed by atoms with E-state index in [9.17, 15) is 9.59 Å². The molecule has 1 N–H and O–H groups in total. The van der Waals surface area contributed by atoms with Crippen LogP contribution in [-0.2, 0) is 4.74 Å². The van der Waals surface area contributed by atoms with Gasteiger partial charge in [-0.15, -0.1) is 0 Å². The summed E-state index contributed by atoms with van der Waals surface area (Å²) in [5, 5.41) is 9.09. The SMILES string of the molecule is CCCCCCCCCCCCCCOC(=O)c1ccccc1C(=O)O.[NaH]. The van der Waals surface area contributed by atoms with Crippen LogP contribution in [0.25, 0.3) is 0 Å². The fourth-order valence-corrected chi connectivity index (χ4v) is 3.03. The molecule has 27 heavy (non-hydrogen) atoms. The minimum absolute atomic E-state index is 0. The van der Waals surface area contributed by atoms with Gasteiger partial charge in [-0.2, -0.15) is 0 Å². The summed E-state index contributed by atoms with van der Waals surface area (Å²) < 4.78 is 5.21. The quantitative estimate of drug-likeness (QED) is 0.242. The maximum absolute atomic E-state index is 12.0. The van der Waals surface area contributed by atoms with E-state index >= 15 is 0 Å². The Balaban J connectivity index is 0.00000676. The van der Waals surface area contributed by atoms with Gasteiger partial charge < -0.3 is 9.84 Å². The second kappa shape index (κ2) is 17.3. The van der Waals surface area contributed by atoms with E-state index in [1.807, 2.05) is 0 Å². The van der Waals surface area contributed by atoms with E-state index in [0.29, 0.717) is 6.61 Å². The molecule has 0 spiro atoms. The Morgan fingerprint density at radius 3 is 1.70 bits per heavy atom. The summed E-state index contributed by atoms with van der Waals surface area (Å²) in [4.78, 5) is 23.1. The normalized spacial score (nSPS) is 10.3. The van der Waals surface area contributed by atoms with Crippen molar-refractivity contribution >= 4 is 41.5 Å². The van der Waals surface area contributed by atoms with Gasteiger partial charge in [0.2, 0.25) is 0 Å². The fraction of sp³-hybridized carbons (Fsp3) is 0.636. The third-order valence-electron chi connectivity index (χ3n) is 4.61. The molecule has 0 saturated heterocycles. The first-order valence-electron chi connectivity index (χ1n) is 10.2. The van der Waals surface area contributed by atoms with Crippen molar-refractivity contribution in [2.45, 2.75) is 84.0 Å². The molecule has 0 fully saturated rings. The van der Waals surface area contributed by atoms with Crippen LogP contribution in [0.5, 0.6) is 0 Å². The Morgan fingerprint density at radius 2 is 1.22 bits per heavy atom. The van der Waals surface area contributed by atoms with Crippen molar-refractivity contribution in [3.8, 4) is 0 Å². The number of carboxylic acids is 1. The van der Waals surface area contributed by atoms with Crippen molar-refractivity contribution in [1.29, 1.82) is 0 Å². The molecule has 0 heterocycles. The number of benzene rings is 1. The topological polar surface area (TPSA) is 63.6 Å². The van der Waals surface area contributed by atoms with Crippen LogP contribution in [0.15, 0.2) is 24.3 Å². The predicted octanol–water partition coefficient (Wildman–Crippen LogP) is 5.59. The Hall–Kier alpha value is -0.840. The van der Waals surface area contributed by atoms with Crippen LogP contribution in [0.2, 0.25) is 0 Å². The summed E-state index contributed by atoms with van der Waals surface area (Å²) >= 11 is 0. The zero-order valence-corrected chi connectivity index (χ0v) is 16.2. The van der Waals surface area contributed by atoms with Gasteiger partial charge in [-0.05, 0) is 18.6 Å². The fourth-order valence-electron chi connectivity index (χ4n) is 3.03. The summed E-state index contributed by atoms with van der Waals surface area (Å²) in [6.07, 6.45) is 15.1. The molecule has 0 bridgehead atoms. The monoisotopic (exact) mass is 386 g/mol. The van der Waals surface area contributed by atoms with Gasteiger partial charge in [0.05, 0.1) is 17.7 Å². The van der Waals surface area contributed by atoms with Gasteiger partial charge >= 0.3 is 41.5 Å². The van der Waals surface area contributed by atoms with Crippen molar-refractivity contribution in [3.63, 3.8) is 0 Å². The number of esters is 1. The zero-order chi connectivity index (χ0) is 19.0. The van der Waals surface area contributed by atoms with Crippen LogP contribution in [0, 0.1) is 0 Å². The number of hydrogen-bond donors (Lipinski definition) is 1. The number of ether oxygens (including phenoxy) is 1. The Kier molecular flexibility index (Phi) is 16.7. The molecule has 1 rings (SSSR count). The molecule has 4 nitrogen and oxygen atoms in total. The van der Waals surface area contributed by atoms with Crippen molar-refractivity contribution in [2.75, 3.05) is 6.61 Å². The first-order chi connectivity index (χ1) is 12.7. The Bertz CT molecular complexity index is 531. The van der Waals surface area contributed by atoms with Crippen molar-refractivity contribution in [2.24, 2.45) is 0 Å². The zero-order valence-electron chi connectivity index (χ0n) is 16.2. The van der Waals surface area contributed by atoms with Crippen molar-refractivity contribution < 1.29 is 19.4 Å². The summed E-state index contributed by atoms with van der Waals surface area (Å²) in [7, 11) is 0. The summed E-state index contributed by atoms with van der Waals surface area (Å²) in [5.74, 6) is -1.66. The van der Waals surface area contributed by atoms with Gasteiger partial charge in [0.15, 0.2) is 0 Å². The molecule has 0 atom stereocenters. The predicted molar refractivity (Wildman–Crippen MR) is 112 cm³/mol. The van der Waals surface area contributed by atoms with Gasteiger partial charge in [-0.3, -0.25) is 0 Å². The number of unbranched alkanes of at least 4 members (excludes halogenated alkanes) is 11. The number of hydrogen-bond acceptors (Lipinski definition) is 3. The first kappa shape index (κ1) is 26.2. The molecule has 0 radical (unpaired) electrons. The molecule has 0 unspecified atom stereocenters. The number of rotatable bonds is 15. The Morgan fingerprint density at radius 1 is 0.778 bits per heavy atom. The van der Waals surface area contributed by atoms with E-state index in [4.69, 9.17) is 9.84 Å². The molecule has 148 valence electrons. The minimum atomic E-state index is -1.11. The molecule has 0 amide bonds. The molecule has 0 aromatic heterocycles. The van der Waals surface area contributed by atoms with E-state index < -0.39 is 11.9 Å². The van der Waals surface area contributed by atoms with Crippen molar-refractivity contribution in [1.82, 2.24) is 0 Å². The molecular formula is C22H35NaO4. The summed E-state index contributed by atoms with van der Waals surface area (Å²) in [6, 6.07) is 6.16. The third-order valence-corrected chi connectivity index (χ3v) is 4.61. The number of carboxylic acid groups (broad SMARTS) is 1. The van der Waals surface area contributed by atoms with Gasteiger partial charge in [0.1, 0.15) is 0 Å². The van der Waals surface area contributed by atoms with Crippen molar-refractivity contribution in [3.05, 3.63) is 35.4 Å². The standard InChI is InChI=1S/C22H34O4.Na.H/c1-2-3-4-5-6-7-8-9-10-11-12-15-18-26-22(25)20-17-14-13-16-19(20)21(23)24;;/h13-14,16-17H,2-12,15,18H2,1H3,(H,23,24);;. The number of carbonyl (C=O) groups excluding carboxylic acids is 1. The molecule has 0 aliphatic heterocycles. The van der Waals surface area contributed by atoms with E-state index in [2.05, 4.69) is 6.92 Å². The van der Waals surface area contributed by atoms with Crippen LogP contribution < -0.4 is 0 Å². The van der Waals surface area contributed by atoms with Gasteiger partial charge in [-0.1, -0.05) is 89.7 Å². The van der Waals surface area contributed by atoms with Crippen LogP contribution in [0.3, 0.4) is 0 Å². The van der Waals surface area contributed by atoms with Gasteiger partial charge in [0, 0.05) is 0 Å². The molecular weight excluding hydrogens is 351 g/mol. The van der Waals surface area contributed by atoms with E-state index in [-0.39, 0.29) is 40.7 Å². The second-order valence-electron chi connectivity index (χ2n) is 6.88. The molecule has 5 heteroatoms. The van der Waals surface area contributed by atoms with Crippen LogP contribution in [-0.4, -0.2) is 53.2 Å². The first-order valence-corrected chi connectivity index (χ1v) is 10.2. The average molecular weight is 387 g/mol. The summed E-state index contributed by atoms with van der Waals surface area (Å²) in [5.41, 5.74) is 0.117. The molecule has 1 aromatic rings. The van der Waals surface area contributed by atoms with E-state index in [1.54, 1.807) is 12.1 Å². The number of carbonyl (C=O) groups is 2. The van der Waals surface area contributed by atoms with E-state index in [0.717, 1.165) is 12.8 Å². The second-order valence-corrected chi connectivity index (χ2v) is 6.88. The van der Waals surface area contributed by atoms with Gasteiger partial charge in [-0.25, -0.2) is 9.59 Å². The molecule has 1 aromatic carbocycles. The van der Waals surface area contributed by atoms with Crippen LogP contribution in [0.4, 0.5) is 0 Å². The molecule has 0 aliphatic carbocycles. The average Bonchev–Trinajstić information content (AvgIpc) is 2.65. The van der Waals surface area contributed by atoms with Crippen LogP contribution in [0.1, 0.15) is 105 Å². The summed E-state index contributed by atoms with van der Waals surface area (Å²) in [6.45, 7) is 2.60. The van der Waals surface area contributed by atoms with E-state index in [1.165, 1.54) is 76.3 Å². The van der Waals surface area contributed by atoms with Crippen LogP contribution >= 0.6 is 0 Å².